The van der Waals surface area contributed by atoms with Crippen molar-refractivity contribution in [3.8, 4) is 0 Å². The van der Waals surface area contributed by atoms with Gasteiger partial charge in [-0.05, 0) is 60.2 Å². The summed E-state index contributed by atoms with van der Waals surface area (Å²) >= 11 is 7.14. The summed E-state index contributed by atoms with van der Waals surface area (Å²) in [4.78, 5) is 30.1. The molecule has 5 nitrogen and oxygen atoms in total. The molecular weight excluding hydrogens is 372 g/mol. The summed E-state index contributed by atoms with van der Waals surface area (Å²) < 4.78 is 0. The number of carbonyl (C=O) groups is 2. The first-order chi connectivity index (χ1) is 12.5. The molecule has 132 valence electrons. The van der Waals surface area contributed by atoms with Gasteiger partial charge in [0.05, 0.1) is 16.6 Å². The largest absolute Gasteiger partial charge is 0.545 e. The highest BCUT2D eigenvalue weighted by Gasteiger charge is 2.32. The van der Waals surface area contributed by atoms with Crippen molar-refractivity contribution in [2.24, 2.45) is 4.99 Å². The molecule has 0 saturated carbocycles. The summed E-state index contributed by atoms with van der Waals surface area (Å²) in [6.45, 7) is 2.32. The lowest BCUT2D eigenvalue weighted by Crippen LogP contribution is -2.28. The molecule has 0 spiro atoms. The Bertz CT molecular complexity index is 923. The second kappa shape index (κ2) is 7.76. The third-order valence-electron chi connectivity index (χ3n) is 3.68. The lowest BCUT2D eigenvalue weighted by atomic mass is 10.2. The van der Waals surface area contributed by atoms with Crippen molar-refractivity contribution in [2.45, 2.75) is 6.92 Å². The minimum absolute atomic E-state index is 0.0427. The standard InChI is InChI=1S/C19H15ClN2O3S/c1-2-22-17(23)16(10-12-6-8-14(20)9-7-12)26-19(22)21-15-5-3-4-13(11-15)18(24)25/h3-11H,2H2,1H3,(H,24,25)/p-1/b16-10-,21-19?. The summed E-state index contributed by atoms with van der Waals surface area (Å²) in [7, 11) is 0. The van der Waals surface area contributed by atoms with Gasteiger partial charge in [-0.15, -0.1) is 0 Å². The van der Waals surface area contributed by atoms with Crippen LogP contribution in [0.25, 0.3) is 6.08 Å². The van der Waals surface area contributed by atoms with Crippen LogP contribution in [0.15, 0.2) is 58.4 Å². The first kappa shape index (κ1) is 18.2. The number of hydrogen-bond acceptors (Lipinski definition) is 5. The Morgan fingerprint density at radius 1 is 1.27 bits per heavy atom. The quantitative estimate of drug-likeness (QED) is 0.757. The van der Waals surface area contributed by atoms with E-state index in [-0.39, 0.29) is 11.5 Å². The van der Waals surface area contributed by atoms with Crippen molar-refractivity contribution in [3.63, 3.8) is 0 Å². The highest BCUT2D eigenvalue weighted by molar-refractivity contribution is 8.18. The lowest BCUT2D eigenvalue weighted by molar-refractivity contribution is -0.255. The fourth-order valence-electron chi connectivity index (χ4n) is 2.39. The maximum Gasteiger partial charge on any atom is 0.266 e. The number of likely N-dealkylation sites (N-methyl/N-ethyl adjacent to an activating group) is 1. The van der Waals surface area contributed by atoms with Crippen LogP contribution in [-0.2, 0) is 4.79 Å². The number of hydrogen-bond donors (Lipinski definition) is 0. The Morgan fingerprint density at radius 3 is 2.65 bits per heavy atom. The van der Waals surface area contributed by atoms with E-state index in [4.69, 9.17) is 11.6 Å². The Morgan fingerprint density at radius 2 is 2.00 bits per heavy atom. The molecule has 1 aliphatic rings. The second-order valence-electron chi connectivity index (χ2n) is 5.44. The fourth-order valence-corrected chi connectivity index (χ4v) is 3.58. The van der Waals surface area contributed by atoms with E-state index in [0.717, 1.165) is 5.56 Å². The van der Waals surface area contributed by atoms with Crippen molar-refractivity contribution in [2.75, 3.05) is 6.54 Å². The van der Waals surface area contributed by atoms with Crippen LogP contribution >= 0.6 is 23.4 Å². The molecule has 0 atom stereocenters. The molecule has 1 aliphatic heterocycles. The van der Waals surface area contributed by atoms with Crippen molar-refractivity contribution in [1.82, 2.24) is 4.90 Å². The zero-order chi connectivity index (χ0) is 18.7. The summed E-state index contributed by atoms with van der Waals surface area (Å²) in [5.41, 5.74) is 1.36. The van der Waals surface area contributed by atoms with Crippen LogP contribution in [0.4, 0.5) is 5.69 Å². The molecule has 7 heteroatoms. The molecule has 1 fully saturated rings. The number of rotatable bonds is 4. The smallest absolute Gasteiger partial charge is 0.266 e. The van der Waals surface area contributed by atoms with Gasteiger partial charge in [-0.1, -0.05) is 35.9 Å². The molecule has 0 unspecified atom stereocenters. The van der Waals surface area contributed by atoms with Gasteiger partial charge >= 0.3 is 0 Å². The van der Waals surface area contributed by atoms with Gasteiger partial charge in [0.15, 0.2) is 5.17 Å². The highest BCUT2D eigenvalue weighted by Crippen LogP contribution is 2.34. The molecular formula is C19H14ClN2O3S-. The Labute approximate surface area is 160 Å². The topological polar surface area (TPSA) is 72.8 Å². The molecule has 1 saturated heterocycles. The number of halogens is 1. The van der Waals surface area contributed by atoms with Gasteiger partial charge in [-0.25, -0.2) is 4.99 Å². The van der Waals surface area contributed by atoms with E-state index in [1.54, 1.807) is 35.2 Å². The van der Waals surface area contributed by atoms with Crippen molar-refractivity contribution < 1.29 is 14.7 Å². The molecule has 2 aromatic carbocycles. The first-order valence-electron chi connectivity index (χ1n) is 7.85. The van der Waals surface area contributed by atoms with E-state index in [1.165, 1.54) is 23.9 Å². The van der Waals surface area contributed by atoms with Crippen LogP contribution < -0.4 is 5.11 Å². The zero-order valence-electron chi connectivity index (χ0n) is 13.8. The number of carbonyl (C=O) groups excluding carboxylic acids is 2. The van der Waals surface area contributed by atoms with E-state index < -0.39 is 5.97 Å². The van der Waals surface area contributed by atoms with Crippen molar-refractivity contribution in [3.05, 3.63) is 69.6 Å². The van der Waals surface area contributed by atoms with Crippen LogP contribution in [0, 0.1) is 0 Å². The molecule has 0 radical (unpaired) electrons. The average Bonchev–Trinajstić information content (AvgIpc) is 2.91. The predicted molar refractivity (Wildman–Crippen MR) is 102 cm³/mol. The highest BCUT2D eigenvalue weighted by atomic mass is 35.5. The van der Waals surface area contributed by atoms with Gasteiger partial charge in [0.2, 0.25) is 0 Å². The van der Waals surface area contributed by atoms with Crippen LogP contribution in [0.5, 0.6) is 0 Å². The normalized spacial score (nSPS) is 17.3. The number of carboxylic acids is 1. The van der Waals surface area contributed by atoms with Gasteiger partial charge in [-0.3, -0.25) is 9.69 Å². The summed E-state index contributed by atoms with van der Waals surface area (Å²) in [5.74, 6) is -1.40. The molecule has 0 aliphatic carbocycles. The number of benzene rings is 2. The van der Waals surface area contributed by atoms with E-state index >= 15 is 0 Å². The number of nitrogens with zero attached hydrogens (tertiary/aromatic N) is 2. The minimum Gasteiger partial charge on any atom is -0.545 e. The van der Waals surface area contributed by atoms with Crippen LogP contribution in [0.1, 0.15) is 22.8 Å². The van der Waals surface area contributed by atoms with E-state index in [9.17, 15) is 14.7 Å². The first-order valence-corrected chi connectivity index (χ1v) is 9.04. The number of aromatic carboxylic acids is 1. The average molecular weight is 386 g/mol. The fraction of sp³-hybridized carbons (Fsp3) is 0.105. The lowest BCUT2D eigenvalue weighted by Gasteiger charge is -2.12. The Balaban J connectivity index is 1.93. The van der Waals surface area contributed by atoms with Crippen LogP contribution in [0.2, 0.25) is 5.02 Å². The Hall–Kier alpha value is -2.57. The number of carboxylic acid groups (broad SMARTS) is 1. The number of amides is 1. The van der Waals surface area contributed by atoms with Gasteiger partial charge < -0.3 is 9.90 Å². The van der Waals surface area contributed by atoms with Crippen LogP contribution in [0.3, 0.4) is 0 Å². The van der Waals surface area contributed by atoms with Crippen molar-refractivity contribution >= 4 is 52.2 Å². The zero-order valence-corrected chi connectivity index (χ0v) is 15.4. The third-order valence-corrected chi connectivity index (χ3v) is 4.94. The summed E-state index contributed by atoms with van der Waals surface area (Å²) in [6, 6.07) is 13.3. The number of amidine groups is 1. The maximum atomic E-state index is 12.6. The molecule has 3 rings (SSSR count). The monoisotopic (exact) mass is 385 g/mol. The van der Waals surface area contributed by atoms with E-state index in [1.807, 2.05) is 19.1 Å². The van der Waals surface area contributed by atoms with Crippen molar-refractivity contribution in [1.29, 1.82) is 0 Å². The van der Waals surface area contributed by atoms with Gasteiger partial charge in [0.25, 0.3) is 5.91 Å². The summed E-state index contributed by atoms with van der Waals surface area (Å²) in [6.07, 6.45) is 1.78. The van der Waals surface area contributed by atoms with Gasteiger partial charge in [0.1, 0.15) is 0 Å². The molecule has 0 bridgehead atoms. The second-order valence-corrected chi connectivity index (χ2v) is 6.89. The minimum atomic E-state index is -1.27. The van der Waals surface area contributed by atoms with Gasteiger partial charge in [-0.2, -0.15) is 0 Å². The SMILES string of the molecule is CCN1C(=O)/C(=C/c2ccc(Cl)cc2)SC1=Nc1cccc(C(=O)[O-])c1. The van der Waals surface area contributed by atoms with Crippen LogP contribution in [-0.4, -0.2) is 28.5 Å². The van der Waals surface area contributed by atoms with E-state index in [0.29, 0.717) is 27.3 Å². The van der Waals surface area contributed by atoms with Gasteiger partial charge in [0, 0.05) is 11.6 Å². The molecule has 1 amide bonds. The molecule has 0 N–H and O–H groups in total. The maximum absolute atomic E-state index is 12.6. The molecule has 1 heterocycles. The predicted octanol–water partition coefficient (Wildman–Crippen LogP) is 3.33. The number of thioether (sulfide) groups is 1. The third kappa shape index (κ3) is 3.98. The number of aliphatic imine (C=N–C) groups is 1. The summed E-state index contributed by atoms with van der Waals surface area (Å²) in [5, 5.41) is 12.1. The molecule has 26 heavy (non-hydrogen) atoms. The molecule has 2 aromatic rings. The Kier molecular flexibility index (Phi) is 5.44. The molecule has 0 aromatic heterocycles. The van der Waals surface area contributed by atoms with E-state index in [2.05, 4.69) is 4.99 Å².